The molecule has 0 spiro atoms. The topological polar surface area (TPSA) is 23.8 Å². The standard InChI is InChI=1S/C8H6F5NS/c9-15(10,11,12,13)8-3-1-7(2-4-8)5-6-14/h1-4H,5H2. The summed E-state index contributed by atoms with van der Waals surface area (Å²) in [7, 11) is -9.56. The zero-order valence-corrected chi connectivity index (χ0v) is 8.08. The summed E-state index contributed by atoms with van der Waals surface area (Å²) in [6.45, 7) is 0. The van der Waals surface area contributed by atoms with E-state index in [2.05, 4.69) is 0 Å². The average Bonchev–Trinajstić information content (AvgIpc) is 2.01. The number of halogens is 5. The van der Waals surface area contributed by atoms with Crippen LogP contribution in [0.15, 0.2) is 29.2 Å². The summed E-state index contributed by atoms with van der Waals surface area (Å²) in [5, 5.41) is 8.24. The highest BCUT2D eigenvalue weighted by Gasteiger charge is 2.65. The molecule has 0 heterocycles. The highest BCUT2D eigenvalue weighted by atomic mass is 32.5. The van der Waals surface area contributed by atoms with Gasteiger partial charge in [-0.25, -0.2) is 0 Å². The third-order valence-corrected chi connectivity index (χ3v) is 2.82. The molecule has 0 N–H and O–H groups in total. The average molecular weight is 243 g/mol. The first-order valence-corrected chi connectivity index (χ1v) is 5.68. The Morgan fingerprint density at radius 2 is 1.47 bits per heavy atom. The molecule has 0 fully saturated rings. The number of hydrogen-bond acceptors (Lipinski definition) is 1. The van der Waals surface area contributed by atoms with Gasteiger partial charge in [-0.15, -0.1) is 0 Å². The van der Waals surface area contributed by atoms with Gasteiger partial charge in [-0.05, 0) is 17.7 Å². The van der Waals surface area contributed by atoms with E-state index in [4.69, 9.17) is 5.26 Å². The lowest BCUT2D eigenvalue weighted by molar-refractivity contribution is 0.364. The van der Waals surface area contributed by atoms with E-state index in [0.717, 1.165) is 12.1 Å². The molecule has 84 valence electrons. The van der Waals surface area contributed by atoms with Gasteiger partial charge in [-0.2, -0.15) is 5.26 Å². The van der Waals surface area contributed by atoms with E-state index in [1.165, 1.54) is 0 Å². The van der Waals surface area contributed by atoms with Gasteiger partial charge in [0.05, 0.1) is 12.5 Å². The fraction of sp³-hybridized carbons (Fsp3) is 0.125. The van der Waals surface area contributed by atoms with Crippen LogP contribution in [-0.2, 0) is 6.42 Å². The first-order chi connectivity index (χ1) is 6.53. The minimum atomic E-state index is -9.56. The molecule has 0 radical (unpaired) electrons. The van der Waals surface area contributed by atoms with E-state index >= 15 is 0 Å². The lowest BCUT2D eigenvalue weighted by Gasteiger charge is -2.40. The smallest absolute Gasteiger partial charge is 0.198 e. The Hall–Kier alpha value is -1.29. The van der Waals surface area contributed by atoms with Crippen molar-refractivity contribution in [2.75, 3.05) is 0 Å². The van der Waals surface area contributed by atoms with E-state index in [1.54, 1.807) is 6.07 Å². The second kappa shape index (κ2) is 2.64. The molecule has 0 bridgehead atoms. The molecule has 0 aliphatic rings. The summed E-state index contributed by atoms with van der Waals surface area (Å²) in [5.74, 6) is 0. The van der Waals surface area contributed by atoms with Crippen LogP contribution in [0.25, 0.3) is 0 Å². The predicted octanol–water partition coefficient (Wildman–Crippen LogP) is 4.41. The van der Waals surface area contributed by atoms with Crippen molar-refractivity contribution < 1.29 is 19.4 Å². The van der Waals surface area contributed by atoms with Gasteiger partial charge in [0.1, 0.15) is 4.90 Å². The van der Waals surface area contributed by atoms with E-state index in [1.807, 2.05) is 0 Å². The van der Waals surface area contributed by atoms with Gasteiger partial charge in [0.25, 0.3) is 0 Å². The molecule has 0 unspecified atom stereocenters. The zero-order chi connectivity index (χ0) is 11.8. The summed E-state index contributed by atoms with van der Waals surface area (Å²) in [5.41, 5.74) is 0.267. The molecular weight excluding hydrogens is 237 g/mol. The van der Waals surface area contributed by atoms with Crippen LogP contribution in [0.3, 0.4) is 0 Å². The number of nitriles is 1. The molecule has 0 amide bonds. The van der Waals surface area contributed by atoms with Gasteiger partial charge in [0.15, 0.2) is 0 Å². The Morgan fingerprint density at radius 1 is 1.00 bits per heavy atom. The van der Waals surface area contributed by atoms with Crippen molar-refractivity contribution in [1.29, 1.82) is 5.26 Å². The summed E-state index contributed by atoms with van der Waals surface area (Å²) in [6, 6.07) is 4.04. The van der Waals surface area contributed by atoms with Crippen LogP contribution in [0.5, 0.6) is 0 Å². The Balaban J connectivity index is 3.18. The molecule has 0 atom stereocenters. The zero-order valence-electron chi connectivity index (χ0n) is 7.26. The minimum absolute atomic E-state index is 0.111. The van der Waals surface area contributed by atoms with E-state index < -0.39 is 15.1 Å². The molecule has 0 saturated heterocycles. The maximum atomic E-state index is 12.2. The SMILES string of the molecule is N#CCc1ccc(S(F)(F)(F)(F)F)cc1. The van der Waals surface area contributed by atoms with Crippen molar-refractivity contribution in [3.8, 4) is 6.07 Å². The van der Waals surface area contributed by atoms with Crippen LogP contribution in [0.1, 0.15) is 5.56 Å². The van der Waals surface area contributed by atoms with Gasteiger partial charge >= 0.3 is 10.2 Å². The maximum Gasteiger partial charge on any atom is 0.310 e. The first kappa shape index (κ1) is 11.8. The van der Waals surface area contributed by atoms with Crippen LogP contribution in [-0.4, -0.2) is 0 Å². The highest BCUT2D eigenvalue weighted by Crippen LogP contribution is 3.02. The maximum absolute atomic E-state index is 12.2. The van der Waals surface area contributed by atoms with Crippen LogP contribution in [0.2, 0.25) is 0 Å². The van der Waals surface area contributed by atoms with Crippen molar-refractivity contribution in [1.82, 2.24) is 0 Å². The molecule has 1 rings (SSSR count). The van der Waals surface area contributed by atoms with Crippen molar-refractivity contribution in [3.05, 3.63) is 29.8 Å². The van der Waals surface area contributed by atoms with Crippen molar-refractivity contribution in [2.24, 2.45) is 0 Å². The lowest BCUT2D eigenvalue weighted by atomic mass is 10.2. The van der Waals surface area contributed by atoms with E-state index in [0.29, 0.717) is 12.1 Å². The van der Waals surface area contributed by atoms with Gasteiger partial charge in [0, 0.05) is 0 Å². The van der Waals surface area contributed by atoms with Crippen LogP contribution >= 0.6 is 10.2 Å². The summed E-state index contributed by atoms with van der Waals surface area (Å²) in [6.07, 6.45) is -0.111. The summed E-state index contributed by atoms with van der Waals surface area (Å²) in [4.78, 5) is -1.93. The number of hydrogen-bond donors (Lipinski definition) is 0. The summed E-state index contributed by atoms with van der Waals surface area (Å²) < 4.78 is 61.0. The van der Waals surface area contributed by atoms with Crippen molar-refractivity contribution in [2.45, 2.75) is 11.3 Å². The fourth-order valence-electron chi connectivity index (χ4n) is 0.956. The first-order valence-electron chi connectivity index (χ1n) is 3.73. The van der Waals surface area contributed by atoms with E-state index in [-0.39, 0.29) is 12.0 Å². The normalized spacial score (nSPS) is 16.3. The Morgan fingerprint density at radius 3 is 1.80 bits per heavy atom. The highest BCUT2D eigenvalue weighted by molar-refractivity contribution is 8.45. The van der Waals surface area contributed by atoms with Crippen molar-refractivity contribution >= 4 is 10.2 Å². The largest absolute Gasteiger partial charge is 0.310 e. The molecule has 0 saturated carbocycles. The molecule has 0 aliphatic carbocycles. The molecule has 0 aliphatic heterocycles. The molecule has 15 heavy (non-hydrogen) atoms. The molecule has 1 aromatic rings. The molecule has 0 aromatic heterocycles. The van der Waals surface area contributed by atoms with E-state index in [9.17, 15) is 19.4 Å². The molecule has 1 nitrogen and oxygen atoms in total. The quantitative estimate of drug-likeness (QED) is 0.706. The predicted molar refractivity (Wildman–Crippen MR) is 47.2 cm³/mol. The van der Waals surface area contributed by atoms with Crippen molar-refractivity contribution in [3.63, 3.8) is 0 Å². The second-order valence-electron chi connectivity index (χ2n) is 2.95. The Kier molecular flexibility index (Phi) is 2.07. The Bertz CT molecular complexity index is 412. The third kappa shape index (κ3) is 3.09. The van der Waals surface area contributed by atoms with Crippen LogP contribution < -0.4 is 0 Å². The van der Waals surface area contributed by atoms with Gasteiger partial charge in [-0.3, -0.25) is 0 Å². The van der Waals surface area contributed by atoms with Crippen LogP contribution in [0.4, 0.5) is 19.4 Å². The fourth-order valence-corrected chi connectivity index (χ4v) is 1.61. The third-order valence-electron chi connectivity index (χ3n) is 1.65. The second-order valence-corrected chi connectivity index (χ2v) is 5.36. The van der Waals surface area contributed by atoms with Gasteiger partial charge in [-0.1, -0.05) is 31.6 Å². The molecule has 7 heteroatoms. The number of nitrogens with zero attached hydrogens (tertiary/aromatic N) is 1. The lowest BCUT2D eigenvalue weighted by Crippen LogP contribution is -2.05. The number of benzene rings is 1. The monoisotopic (exact) mass is 243 g/mol. The molecule has 1 aromatic carbocycles. The number of rotatable bonds is 2. The molecular formula is C8H6F5NS. The van der Waals surface area contributed by atoms with Crippen LogP contribution in [0, 0.1) is 11.3 Å². The minimum Gasteiger partial charge on any atom is -0.198 e. The van der Waals surface area contributed by atoms with Gasteiger partial charge in [0.2, 0.25) is 0 Å². The Labute approximate surface area is 82.9 Å². The van der Waals surface area contributed by atoms with Gasteiger partial charge < -0.3 is 0 Å². The summed E-state index contributed by atoms with van der Waals surface area (Å²) >= 11 is 0.